The van der Waals surface area contributed by atoms with E-state index in [9.17, 15) is 12.8 Å². The second kappa shape index (κ2) is 4.86. The van der Waals surface area contributed by atoms with Crippen molar-refractivity contribution in [2.45, 2.75) is 24.2 Å². The van der Waals surface area contributed by atoms with Crippen molar-refractivity contribution in [1.82, 2.24) is 4.98 Å². The number of hydrogen-bond donors (Lipinski definition) is 1. The number of sulfonamides is 1. The van der Waals surface area contributed by atoms with Crippen LogP contribution < -0.4 is 4.72 Å². The molecule has 1 heterocycles. The highest BCUT2D eigenvalue weighted by atomic mass is 32.2. The number of pyridine rings is 1. The van der Waals surface area contributed by atoms with Crippen LogP contribution in [0.3, 0.4) is 0 Å². The summed E-state index contributed by atoms with van der Waals surface area (Å²) in [6.45, 7) is 0. The molecule has 0 unspecified atom stereocenters. The van der Waals surface area contributed by atoms with Crippen LogP contribution in [-0.4, -0.2) is 13.4 Å². The number of hydrogen-bond acceptors (Lipinski definition) is 3. The van der Waals surface area contributed by atoms with E-state index in [0.29, 0.717) is 0 Å². The maximum Gasteiger partial charge on any atom is 0.261 e. The zero-order valence-electron chi connectivity index (χ0n) is 10.6. The van der Waals surface area contributed by atoms with Gasteiger partial charge in [0.25, 0.3) is 10.0 Å². The molecule has 0 saturated heterocycles. The minimum absolute atomic E-state index is 0.0968. The summed E-state index contributed by atoms with van der Waals surface area (Å²) in [6, 6.07) is 6.36. The number of benzene rings is 1. The Hall–Kier alpha value is -1.95. The van der Waals surface area contributed by atoms with Crippen molar-refractivity contribution in [3.05, 3.63) is 53.6 Å². The molecule has 0 saturated carbocycles. The highest BCUT2D eigenvalue weighted by Crippen LogP contribution is 2.26. The van der Waals surface area contributed by atoms with Gasteiger partial charge in [0.05, 0.1) is 16.8 Å². The summed E-state index contributed by atoms with van der Waals surface area (Å²) in [6.07, 6.45) is 5.24. The van der Waals surface area contributed by atoms with E-state index in [0.717, 1.165) is 31.0 Å². The fraction of sp³-hybridized carbons (Fsp3) is 0.214. The van der Waals surface area contributed by atoms with Gasteiger partial charge in [-0.15, -0.1) is 0 Å². The molecule has 0 amide bonds. The molecule has 3 rings (SSSR count). The van der Waals surface area contributed by atoms with Crippen molar-refractivity contribution >= 4 is 15.7 Å². The Kier molecular flexibility index (Phi) is 3.17. The molecule has 1 N–H and O–H groups in total. The normalized spacial score (nSPS) is 14.1. The number of aryl methyl sites for hydroxylation is 2. The molecule has 0 fully saturated rings. The van der Waals surface area contributed by atoms with Gasteiger partial charge in [-0.25, -0.2) is 12.8 Å². The van der Waals surface area contributed by atoms with Gasteiger partial charge in [-0.05, 0) is 48.6 Å². The Morgan fingerprint density at radius 2 is 1.95 bits per heavy atom. The lowest BCUT2D eigenvalue weighted by molar-refractivity contribution is 0.598. The fourth-order valence-corrected chi connectivity index (χ4v) is 3.49. The second-order valence-corrected chi connectivity index (χ2v) is 6.43. The largest absolute Gasteiger partial charge is 0.277 e. The molecule has 1 aliphatic carbocycles. The minimum atomic E-state index is -3.78. The molecule has 20 heavy (non-hydrogen) atoms. The van der Waals surface area contributed by atoms with Crippen LogP contribution in [0.2, 0.25) is 0 Å². The Labute approximate surface area is 116 Å². The van der Waals surface area contributed by atoms with Gasteiger partial charge in [-0.3, -0.25) is 9.71 Å². The summed E-state index contributed by atoms with van der Waals surface area (Å²) in [7, 11) is -3.78. The molecule has 0 spiro atoms. The minimum Gasteiger partial charge on any atom is -0.277 e. The highest BCUT2D eigenvalue weighted by molar-refractivity contribution is 7.92. The maximum atomic E-state index is 13.5. The van der Waals surface area contributed by atoms with Gasteiger partial charge < -0.3 is 0 Å². The standard InChI is InChI=1S/C14H13FN2O2S/c15-13-9-16-7-6-14(13)17-20(18,19)12-5-4-10-2-1-3-11(10)8-12/h4-9H,1-3H2,(H,16,17). The number of aromatic nitrogens is 1. The lowest BCUT2D eigenvalue weighted by Gasteiger charge is -2.10. The molecule has 2 aromatic rings. The number of halogens is 1. The monoisotopic (exact) mass is 292 g/mol. The third-order valence-corrected chi connectivity index (χ3v) is 4.76. The molecule has 1 aliphatic rings. The van der Waals surface area contributed by atoms with Crippen LogP contribution in [0.4, 0.5) is 10.1 Å². The number of fused-ring (bicyclic) bond motifs is 1. The summed E-state index contributed by atoms with van der Waals surface area (Å²) in [5.41, 5.74) is 2.16. The van der Waals surface area contributed by atoms with Gasteiger partial charge in [0.1, 0.15) is 0 Å². The predicted molar refractivity (Wildman–Crippen MR) is 73.5 cm³/mol. The predicted octanol–water partition coefficient (Wildman–Crippen LogP) is 2.51. The molecule has 0 radical (unpaired) electrons. The number of anilines is 1. The average Bonchev–Trinajstić information content (AvgIpc) is 2.88. The van der Waals surface area contributed by atoms with Crippen LogP contribution in [0.5, 0.6) is 0 Å². The van der Waals surface area contributed by atoms with Crippen LogP contribution in [0.15, 0.2) is 41.6 Å². The molecule has 1 aromatic heterocycles. The Morgan fingerprint density at radius 3 is 2.75 bits per heavy atom. The lowest BCUT2D eigenvalue weighted by Crippen LogP contribution is -2.14. The summed E-state index contributed by atoms with van der Waals surface area (Å²) in [5.74, 6) is -0.697. The third-order valence-electron chi connectivity index (χ3n) is 3.40. The lowest BCUT2D eigenvalue weighted by atomic mass is 10.1. The van der Waals surface area contributed by atoms with Crippen LogP contribution in [0.1, 0.15) is 17.5 Å². The average molecular weight is 292 g/mol. The molecule has 0 atom stereocenters. The van der Waals surface area contributed by atoms with E-state index in [1.165, 1.54) is 17.8 Å². The van der Waals surface area contributed by atoms with Crippen molar-refractivity contribution in [2.75, 3.05) is 4.72 Å². The first kappa shape index (κ1) is 13.1. The molecule has 1 aromatic carbocycles. The van der Waals surface area contributed by atoms with Gasteiger partial charge in [0.2, 0.25) is 0 Å². The molecule has 104 valence electrons. The first-order chi connectivity index (χ1) is 9.56. The zero-order chi connectivity index (χ0) is 14.2. The Morgan fingerprint density at radius 1 is 1.15 bits per heavy atom. The van der Waals surface area contributed by atoms with E-state index in [-0.39, 0.29) is 10.6 Å². The first-order valence-electron chi connectivity index (χ1n) is 6.30. The number of nitrogens with one attached hydrogen (secondary N) is 1. The van der Waals surface area contributed by atoms with Crippen LogP contribution >= 0.6 is 0 Å². The van der Waals surface area contributed by atoms with Gasteiger partial charge in [-0.1, -0.05) is 6.07 Å². The molecule has 0 aliphatic heterocycles. The summed E-state index contributed by atoms with van der Waals surface area (Å²) in [4.78, 5) is 3.75. The van der Waals surface area contributed by atoms with Gasteiger partial charge >= 0.3 is 0 Å². The maximum absolute atomic E-state index is 13.5. The fourth-order valence-electron chi connectivity index (χ4n) is 2.38. The topological polar surface area (TPSA) is 59.1 Å². The highest BCUT2D eigenvalue weighted by Gasteiger charge is 2.19. The summed E-state index contributed by atoms with van der Waals surface area (Å²) >= 11 is 0. The van der Waals surface area contributed by atoms with E-state index in [2.05, 4.69) is 9.71 Å². The molecular weight excluding hydrogens is 279 g/mol. The Balaban J connectivity index is 1.94. The number of nitrogens with zero attached hydrogens (tertiary/aromatic N) is 1. The zero-order valence-corrected chi connectivity index (χ0v) is 11.5. The van der Waals surface area contributed by atoms with E-state index in [1.54, 1.807) is 12.1 Å². The molecular formula is C14H13FN2O2S. The SMILES string of the molecule is O=S(=O)(Nc1ccncc1F)c1ccc2c(c1)CCC2. The van der Waals surface area contributed by atoms with E-state index in [1.807, 2.05) is 6.07 Å². The summed E-state index contributed by atoms with van der Waals surface area (Å²) < 4.78 is 40.2. The van der Waals surface area contributed by atoms with E-state index < -0.39 is 15.8 Å². The molecule has 4 nitrogen and oxygen atoms in total. The van der Waals surface area contributed by atoms with Gasteiger partial charge in [-0.2, -0.15) is 0 Å². The van der Waals surface area contributed by atoms with Crippen LogP contribution in [-0.2, 0) is 22.9 Å². The van der Waals surface area contributed by atoms with Crippen molar-refractivity contribution < 1.29 is 12.8 Å². The van der Waals surface area contributed by atoms with Crippen LogP contribution in [0, 0.1) is 5.82 Å². The third kappa shape index (κ3) is 2.38. The quantitative estimate of drug-likeness (QED) is 0.945. The van der Waals surface area contributed by atoms with Crippen molar-refractivity contribution in [2.24, 2.45) is 0 Å². The summed E-state index contributed by atoms with van der Waals surface area (Å²) in [5, 5.41) is 0. The Bertz CT molecular complexity index is 760. The first-order valence-corrected chi connectivity index (χ1v) is 7.79. The van der Waals surface area contributed by atoms with Gasteiger partial charge in [0.15, 0.2) is 5.82 Å². The van der Waals surface area contributed by atoms with Crippen LogP contribution in [0.25, 0.3) is 0 Å². The second-order valence-electron chi connectivity index (χ2n) is 4.75. The number of rotatable bonds is 3. The van der Waals surface area contributed by atoms with Crippen molar-refractivity contribution in [1.29, 1.82) is 0 Å². The van der Waals surface area contributed by atoms with Crippen molar-refractivity contribution in [3.63, 3.8) is 0 Å². The molecule has 0 bridgehead atoms. The smallest absolute Gasteiger partial charge is 0.261 e. The van der Waals surface area contributed by atoms with E-state index >= 15 is 0 Å². The van der Waals surface area contributed by atoms with E-state index in [4.69, 9.17) is 0 Å². The molecule has 6 heteroatoms. The van der Waals surface area contributed by atoms with Crippen molar-refractivity contribution in [3.8, 4) is 0 Å². The van der Waals surface area contributed by atoms with Gasteiger partial charge in [0, 0.05) is 6.20 Å².